The first kappa shape index (κ1) is 25.2. The van der Waals surface area contributed by atoms with Gasteiger partial charge in [-0.15, -0.1) is 0 Å². The zero-order valence-corrected chi connectivity index (χ0v) is 22.4. The molecule has 0 radical (unpaired) electrons. The second-order valence-corrected chi connectivity index (χ2v) is 10.9. The summed E-state index contributed by atoms with van der Waals surface area (Å²) < 4.78 is 0. The van der Waals surface area contributed by atoms with Crippen LogP contribution in [0.3, 0.4) is 0 Å². The Hall–Kier alpha value is -4.81. The molecule has 7 rings (SSSR count). The number of Topliss-reactive ketones (excluding diaryl/α,β-unsaturated/α-hetero) is 2. The third kappa shape index (κ3) is 3.94. The average molecular weight is 559 g/mol. The standard InChI is InChI=1S/C34H23ClN2O4/c35-24-15-13-22(14-16-24)32(39)30-29-28(27-19-23(17-18-36(27)30)31(38)21-8-2-1-3-9-21)33(40)37(34(29)41)26-12-6-10-20-7-4-5-11-25(20)26/h1-19,27-30H/t27-,28-,29+,30-/m1/s1. The van der Waals surface area contributed by atoms with Gasteiger partial charge >= 0.3 is 0 Å². The van der Waals surface area contributed by atoms with Crippen molar-refractivity contribution in [2.24, 2.45) is 11.8 Å². The van der Waals surface area contributed by atoms with Gasteiger partial charge in [0, 0.05) is 33.3 Å². The topological polar surface area (TPSA) is 74.8 Å². The lowest BCUT2D eigenvalue weighted by Gasteiger charge is -2.33. The lowest BCUT2D eigenvalue weighted by molar-refractivity contribution is -0.123. The molecule has 41 heavy (non-hydrogen) atoms. The number of anilines is 1. The van der Waals surface area contributed by atoms with E-state index in [1.165, 1.54) is 4.90 Å². The third-order valence-electron chi connectivity index (χ3n) is 8.25. The van der Waals surface area contributed by atoms with Gasteiger partial charge in [0.05, 0.1) is 23.6 Å². The van der Waals surface area contributed by atoms with Crippen molar-refractivity contribution in [3.05, 3.63) is 137 Å². The molecule has 7 heteroatoms. The van der Waals surface area contributed by atoms with E-state index < -0.39 is 29.8 Å². The lowest BCUT2D eigenvalue weighted by Crippen LogP contribution is -2.46. The van der Waals surface area contributed by atoms with Gasteiger partial charge in [-0.1, -0.05) is 84.4 Å². The Morgan fingerprint density at radius 1 is 0.707 bits per heavy atom. The van der Waals surface area contributed by atoms with E-state index in [9.17, 15) is 19.2 Å². The van der Waals surface area contributed by atoms with Crippen LogP contribution in [0.2, 0.25) is 5.02 Å². The molecule has 4 aromatic carbocycles. The zero-order valence-electron chi connectivity index (χ0n) is 21.7. The summed E-state index contributed by atoms with van der Waals surface area (Å²) in [5.74, 6) is -3.04. The summed E-state index contributed by atoms with van der Waals surface area (Å²) in [6.07, 6.45) is 5.08. The minimum absolute atomic E-state index is 0.187. The van der Waals surface area contributed by atoms with Crippen molar-refractivity contribution in [2.45, 2.75) is 12.1 Å². The van der Waals surface area contributed by atoms with Crippen LogP contribution in [0.5, 0.6) is 0 Å². The van der Waals surface area contributed by atoms with Gasteiger partial charge in [0.1, 0.15) is 6.04 Å². The molecular formula is C34H23ClN2O4. The van der Waals surface area contributed by atoms with Crippen molar-refractivity contribution < 1.29 is 19.2 Å². The summed E-state index contributed by atoms with van der Waals surface area (Å²) in [6.45, 7) is 0. The SMILES string of the molecule is O=C(C1=C[C@@H]2[C@H]3C(=O)N(c4cccc5ccccc45)C(=O)[C@@H]3[C@H](C(=O)c3ccc(Cl)cc3)N2C=C1)c1ccccc1. The predicted molar refractivity (Wildman–Crippen MR) is 157 cm³/mol. The van der Waals surface area contributed by atoms with E-state index in [0.717, 1.165) is 10.8 Å². The van der Waals surface area contributed by atoms with E-state index in [1.54, 1.807) is 77.8 Å². The third-order valence-corrected chi connectivity index (χ3v) is 8.50. The molecule has 0 aromatic heterocycles. The number of halogens is 1. The van der Waals surface area contributed by atoms with Gasteiger partial charge in [0.2, 0.25) is 11.8 Å². The molecule has 0 unspecified atom stereocenters. The zero-order chi connectivity index (χ0) is 28.2. The number of amides is 2. The van der Waals surface area contributed by atoms with Crippen molar-refractivity contribution in [3.8, 4) is 0 Å². The number of allylic oxidation sites excluding steroid dienone is 2. The molecule has 0 aliphatic carbocycles. The second kappa shape index (κ2) is 9.68. The quantitative estimate of drug-likeness (QED) is 0.226. The van der Waals surface area contributed by atoms with Gasteiger partial charge in [-0.3, -0.25) is 19.2 Å². The molecule has 3 heterocycles. The van der Waals surface area contributed by atoms with Crippen LogP contribution >= 0.6 is 11.6 Å². The highest BCUT2D eigenvalue weighted by atomic mass is 35.5. The lowest BCUT2D eigenvalue weighted by atomic mass is 9.85. The van der Waals surface area contributed by atoms with Gasteiger partial charge in [0.25, 0.3) is 0 Å². The van der Waals surface area contributed by atoms with Gasteiger partial charge in [0.15, 0.2) is 11.6 Å². The van der Waals surface area contributed by atoms with E-state index in [-0.39, 0.29) is 17.5 Å². The fourth-order valence-electron chi connectivity index (χ4n) is 6.38. The van der Waals surface area contributed by atoms with Gasteiger partial charge < -0.3 is 4.90 Å². The van der Waals surface area contributed by atoms with Crippen LogP contribution in [0.4, 0.5) is 5.69 Å². The number of rotatable bonds is 5. The number of hydrogen-bond acceptors (Lipinski definition) is 5. The molecule has 2 saturated heterocycles. The molecule has 0 N–H and O–H groups in total. The van der Waals surface area contributed by atoms with Crippen molar-refractivity contribution in [1.82, 2.24) is 4.90 Å². The Balaban J connectivity index is 1.34. The van der Waals surface area contributed by atoms with Crippen molar-refractivity contribution in [1.29, 1.82) is 0 Å². The Bertz CT molecular complexity index is 1810. The predicted octanol–water partition coefficient (Wildman–Crippen LogP) is 5.87. The number of hydrogen-bond donors (Lipinski definition) is 0. The second-order valence-electron chi connectivity index (χ2n) is 10.4. The molecule has 4 aromatic rings. The largest absolute Gasteiger partial charge is 0.359 e. The molecule has 0 saturated carbocycles. The Kier molecular flexibility index (Phi) is 5.94. The molecular weight excluding hydrogens is 536 g/mol. The first-order chi connectivity index (χ1) is 19.9. The fraction of sp³-hybridized carbons (Fsp3) is 0.118. The summed E-state index contributed by atoms with van der Waals surface area (Å²) in [5.41, 5.74) is 1.82. The first-order valence-corrected chi connectivity index (χ1v) is 13.7. The summed E-state index contributed by atoms with van der Waals surface area (Å²) in [6, 6.07) is 26.9. The highest BCUT2D eigenvalue weighted by Gasteiger charge is 2.63. The van der Waals surface area contributed by atoms with Crippen molar-refractivity contribution in [2.75, 3.05) is 4.90 Å². The maximum Gasteiger partial charge on any atom is 0.240 e. The molecule has 200 valence electrons. The average Bonchev–Trinajstić information content (AvgIpc) is 3.48. The Morgan fingerprint density at radius 3 is 2.17 bits per heavy atom. The molecule has 2 amide bonds. The van der Waals surface area contributed by atoms with Gasteiger partial charge in [-0.05, 0) is 41.8 Å². The maximum atomic E-state index is 14.2. The first-order valence-electron chi connectivity index (χ1n) is 13.4. The molecule has 3 aliphatic heterocycles. The highest BCUT2D eigenvalue weighted by molar-refractivity contribution is 6.31. The normalized spacial score (nSPS) is 23.0. The van der Waals surface area contributed by atoms with Crippen LogP contribution in [0.25, 0.3) is 10.8 Å². The number of ketones is 2. The van der Waals surface area contributed by atoms with Crippen molar-refractivity contribution >= 4 is 51.4 Å². The Labute approximate surface area is 241 Å². The molecule has 6 nitrogen and oxygen atoms in total. The number of carbonyl (C=O) groups excluding carboxylic acids is 4. The summed E-state index contributed by atoms with van der Waals surface area (Å²) >= 11 is 6.07. The number of fused-ring (bicyclic) bond motifs is 4. The van der Waals surface area contributed by atoms with Gasteiger partial charge in [-0.2, -0.15) is 0 Å². The van der Waals surface area contributed by atoms with Crippen LogP contribution in [0.15, 0.2) is 121 Å². The number of imide groups is 1. The van der Waals surface area contributed by atoms with E-state index in [2.05, 4.69) is 0 Å². The van der Waals surface area contributed by atoms with Crippen LogP contribution in [0.1, 0.15) is 20.7 Å². The van der Waals surface area contributed by atoms with Gasteiger partial charge in [-0.25, -0.2) is 4.90 Å². The van der Waals surface area contributed by atoms with E-state index in [0.29, 0.717) is 27.4 Å². The monoisotopic (exact) mass is 558 g/mol. The summed E-state index contributed by atoms with van der Waals surface area (Å²) in [5, 5.41) is 2.16. The molecule has 0 spiro atoms. The van der Waals surface area contributed by atoms with Crippen LogP contribution < -0.4 is 4.90 Å². The van der Waals surface area contributed by atoms with E-state index >= 15 is 0 Å². The molecule has 3 aliphatic rings. The Morgan fingerprint density at radius 2 is 1.39 bits per heavy atom. The van der Waals surface area contributed by atoms with E-state index in [4.69, 9.17) is 11.6 Å². The minimum Gasteiger partial charge on any atom is -0.359 e. The van der Waals surface area contributed by atoms with Crippen LogP contribution in [-0.4, -0.2) is 40.4 Å². The summed E-state index contributed by atoms with van der Waals surface area (Å²) in [4.78, 5) is 58.8. The number of benzene rings is 4. The molecule has 4 atom stereocenters. The fourth-order valence-corrected chi connectivity index (χ4v) is 6.51. The highest BCUT2D eigenvalue weighted by Crippen LogP contribution is 2.48. The number of nitrogens with zero attached hydrogens (tertiary/aromatic N) is 2. The number of carbonyl (C=O) groups is 4. The maximum absolute atomic E-state index is 14.2. The molecule has 2 fully saturated rings. The minimum atomic E-state index is -0.929. The van der Waals surface area contributed by atoms with Crippen molar-refractivity contribution in [3.63, 3.8) is 0 Å². The summed E-state index contributed by atoms with van der Waals surface area (Å²) in [7, 11) is 0. The molecule has 0 bridgehead atoms. The van der Waals surface area contributed by atoms with Crippen LogP contribution in [-0.2, 0) is 9.59 Å². The van der Waals surface area contributed by atoms with E-state index in [1.807, 2.05) is 42.5 Å². The smallest absolute Gasteiger partial charge is 0.240 e. The van der Waals surface area contributed by atoms with Crippen LogP contribution in [0, 0.1) is 11.8 Å².